The Morgan fingerprint density at radius 3 is 2.53 bits per heavy atom. The molecular formula is C26H25ClN4O6S. The van der Waals surface area contributed by atoms with E-state index in [0.717, 1.165) is 28.6 Å². The summed E-state index contributed by atoms with van der Waals surface area (Å²) in [4.78, 5) is 63.5. The zero-order valence-corrected chi connectivity index (χ0v) is 22.5. The molecule has 2 aromatic carbocycles. The molecule has 0 aliphatic carbocycles. The number of benzene rings is 2. The molecule has 1 fully saturated rings. The average molecular weight is 557 g/mol. The number of nitrogens with one attached hydrogen (secondary N) is 1. The molecule has 1 N–H and O–H groups in total. The van der Waals surface area contributed by atoms with Gasteiger partial charge in [0.2, 0.25) is 5.91 Å². The number of aryl methyl sites for hydroxylation is 2. The number of imide groups is 1. The number of anilines is 1. The number of thioether (sulfide) groups is 1. The molecule has 10 nitrogen and oxygen atoms in total. The number of imidazole rings is 1. The second-order valence-corrected chi connectivity index (χ2v) is 10.0. The van der Waals surface area contributed by atoms with E-state index in [1.54, 1.807) is 38.4 Å². The number of halogens is 1. The minimum absolute atomic E-state index is 0.0996. The van der Waals surface area contributed by atoms with Gasteiger partial charge < -0.3 is 10.1 Å². The molecule has 0 saturated carbocycles. The molecule has 4 rings (SSSR count). The van der Waals surface area contributed by atoms with Crippen LogP contribution >= 0.6 is 23.4 Å². The van der Waals surface area contributed by atoms with Crippen LogP contribution in [0.15, 0.2) is 46.1 Å². The number of amides is 3. The molecule has 3 amide bonds. The molecule has 2 heterocycles. The summed E-state index contributed by atoms with van der Waals surface area (Å²) in [6, 6.07) is 9.60. The van der Waals surface area contributed by atoms with Gasteiger partial charge in [0, 0.05) is 19.8 Å². The number of nitrogens with zero attached hydrogens (tertiary/aromatic N) is 3. The molecule has 12 heteroatoms. The smallest absolute Gasteiger partial charge is 0.339 e. The maximum Gasteiger partial charge on any atom is 0.339 e. The molecular weight excluding hydrogens is 532 g/mol. The number of fused-ring (bicyclic) bond motifs is 1. The zero-order chi connectivity index (χ0) is 27.6. The summed E-state index contributed by atoms with van der Waals surface area (Å²) in [6.07, 6.45) is 3.13. The van der Waals surface area contributed by atoms with E-state index in [1.807, 2.05) is 6.92 Å². The third-order valence-corrected chi connectivity index (χ3v) is 7.21. The third-order valence-electron chi connectivity index (χ3n) is 5.97. The van der Waals surface area contributed by atoms with E-state index < -0.39 is 29.6 Å². The Labute approximate surface area is 227 Å². The first-order valence-electron chi connectivity index (χ1n) is 11.8. The van der Waals surface area contributed by atoms with E-state index in [-0.39, 0.29) is 33.5 Å². The van der Waals surface area contributed by atoms with Gasteiger partial charge >= 0.3 is 11.7 Å². The van der Waals surface area contributed by atoms with Gasteiger partial charge in [0.05, 0.1) is 33.1 Å². The van der Waals surface area contributed by atoms with Crippen molar-refractivity contribution in [1.29, 1.82) is 0 Å². The maximum absolute atomic E-state index is 12.9. The van der Waals surface area contributed by atoms with E-state index >= 15 is 0 Å². The number of esters is 1. The second-order valence-electron chi connectivity index (χ2n) is 8.65. The zero-order valence-electron chi connectivity index (χ0n) is 20.9. The summed E-state index contributed by atoms with van der Waals surface area (Å²) in [5.41, 5.74) is 2.24. The van der Waals surface area contributed by atoms with Gasteiger partial charge in [-0.05, 0) is 60.2 Å². The number of rotatable bonds is 8. The molecule has 198 valence electrons. The fourth-order valence-corrected chi connectivity index (χ4v) is 4.92. The van der Waals surface area contributed by atoms with E-state index in [1.165, 1.54) is 27.3 Å². The fourth-order valence-electron chi connectivity index (χ4n) is 3.89. The first-order chi connectivity index (χ1) is 18.1. The Morgan fingerprint density at radius 1 is 1.05 bits per heavy atom. The summed E-state index contributed by atoms with van der Waals surface area (Å²) in [7, 11) is 3.32. The molecule has 1 aliphatic heterocycles. The van der Waals surface area contributed by atoms with Crippen LogP contribution in [0.2, 0.25) is 5.02 Å². The van der Waals surface area contributed by atoms with Crippen LogP contribution in [-0.2, 0) is 28.4 Å². The predicted molar refractivity (Wildman–Crippen MR) is 146 cm³/mol. The summed E-state index contributed by atoms with van der Waals surface area (Å²) in [5, 5.41) is 2.18. The van der Waals surface area contributed by atoms with Crippen LogP contribution in [0.3, 0.4) is 0 Å². The Hall–Kier alpha value is -3.83. The van der Waals surface area contributed by atoms with Crippen molar-refractivity contribution in [3.05, 3.63) is 67.9 Å². The van der Waals surface area contributed by atoms with Crippen molar-refractivity contribution < 1.29 is 23.9 Å². The number of unbranched alkanes of at least 4 members (excludes halogenated alkanes) is 1. The number of hydrogen-bond acceptors (Lipinski definition) is 7. The quantitative estimate of drug-likeness (QED) is 0.251. The van der Waals surface area contributed by atoms with Crippen molar-refractivity contribution in [2.75, 3.05) is 18.5 Å². The summed E-state index contributed by atoms with van der Waals surface area (Å²) >= 11 is 6.84. The topological polar surface area (TPSA) is 120 Å². The molecule has 0 atom stereocenters. The number of ether oxygens (including phenoxy) is 1. The monoisotopic (exact) mass is 556 g/mol. The van der Waals surface area contributed by atoms with Gasteiger partial charge in [-0.1, -0.05) is 31.0 Å². The summed E-state index contributed by atoms with van der Waals surface area (Å²) in [6.45, 7) is 1.72. The first-order valence-corrected chi connectivity index (χ1v) is 13.0. The highest BCUT2D eigenvalue weighted by atomic mass is 35.5. The van der Waals surface area contributed by atoms with E-state index in [0.29, 0.717) is 17.5 Å². The van der Waals surface area contributed by atoms with Crippen LogP contribution in [0.25, 0.3) is 17.1 Å². The predicted octanol–water partition coefficient (Wildman–Crippen LogP) is 4.16. The minimum atomic E-state index is -0.623. The standard InChI is InChI=1S/C26H25ClN4O6S/c1-4-5-10-37-24(34)17-13-16(7-8-18(17)27)28-22(32)14-31-23(33)21(38-26(31)36)12-15-6-9-19-20(11-15)30(3)25(35)29(19)2/h6-9,11-13H,4-5,10,14H2,1-3H3,(H,28,32)/b21-12+. The van der Waals surface area contributed by atoms with Crippen LogP contribution < -0.4 is 11.0 Å². The average Bonchev–Trinajstić information content (AvgIpc) is 3.27. The molecule has 38 heavy (non-hydrogen) atoms. The molecule has 0 spiro atoms. The maximum atomic E-state index is 12.9. The Kier molecular flexibility index (Phi) is 8.08. The van der Waals surface area contributed by atoms with E-state index in [4.69, 9.17) is 16.3 Å². The van der Waals surface area contributed by atoms with Crippen LogP contribution in [0.5, 0.6) is 0 Å². The lowest BCUT2D eigenvalue weighted by molar-refractivity contribution is -0.127. The lowest BCUT2D eigenvalue weighted by Gasteiger charge is -2.13. The molecule has 1 aliphatic rings. The Bertz CT molecular complexity index is 1560. The first kappa shape index (κ1) is 27.2. The molecule has 0 bridgehead atoms. The second kappa shape index (κ2) is 11.3. The number of aromatic nitrogens is 2. The lowest BCUT2D eigenvalue weighted by Crippen LogP contribution is -2.36. The van der Waals surface area contributed by atoms with Crippen molar-refractivity contribution in [2.45, 2.75) is 19.8 Å². The Balaban J connectivity index is 1.45. The normalized spacial score (nSPS) is 14.5. The van der Waals surface area contributed by atoms with Crippen LogP contribution in [-0.4, -0.2) is 50.2 Å². The van der Waals surface area contributed by atoms with Gasteiger partial charge in [-0.2, -0.15) is 0 Å². The molecule has 0 radical (unpaired) electrons. The van der Waals surface area contributed by atoms with Crippen LogP contribution in [0.4, 0.5) is 10.5 Å². The van der Waals surface area contributed by atoms with Crippen molar-refractivity contribution in [2.24, 2.45) is 14.1 Å². The van der Waals surface area contributed by atoms with Gasteiger partial charge in [0.1, 0.15) is 6.54 Å². The van der Waals surface area contributed by atoms with E-state index in [9.17, 15) is 24.0 Å². The molecule has 0 unspecified atom stereocenters. The van der Waals surface area contributed by atoms with Gasteiger partial charge in [-0.15, -0.1) is 0 Å². The summed E-state index contributed by atoms with van der Waals surface area (Å²) in [5.74, 6) is -1.83. The lowest BCUT2D eigenvalue weighted by atomic mass is 10.2. The molecule has 3 aromatic rings. The largest absolute Gasteiger partial charge is 0.462 e. The van der Waals surface area contributed by atoms with E-state index in [2.05, 4.69) is 5.32 Å². The van der Waals surface area contributed by atoms with Crippen molar-refractivity contribution in [3.63, 3.8) is 0 Å². The van der Waals surface area contributed by atoms with Crippen LogP contribution in [0.1, 0.15) is 35.7 Å². The van der Waals surface area contributed by atoms with Gasteiger partial charge in [-0.3, -0.25) is 28.4 Å². The van der Waals surface area contributed by atoms with Crippen LogP contribution in [0, 0.1) is 0 Å². The highest BCUT2D eigenvalue weighted by molar-refractivity contribution is 8.18. The van der Waals surface area contributed by atoms with Gasteiger partial charge in [0.15, 0.2) is 0 Å². The number of hydrogen-bond donors (Lipinski definition) is 1. The van der Waals surface area contributed by atoms with Crippen molar-refractivity contribution >= 4 is 69.2 Å². The molecule has 1 aromatic heterocycles. The summed E-state index contributed by atoms with van der Waals surface area (Å²) < 4.78 is 8.20. The fraction of sp³-hybridized carbons (Fsp3) is 0.269. The highest BCUT2D eigenvalue weighted by Crippen LogP contribution is 2.32. The SMILES string of the molecule is CCCCOC(=O)c1cc(NC(=O)CN2C(=O)S/C(=C/c3ccc4c(c3)n(C)c(=O)n4C)C2=O)ccc1Cl. The number of carbonyl (C=O) groups excluding carboxylic acids is 4. The highest BCUT2D eigenvalue weighted by Gasteiger charge is 2.36. The van der Waals surface area contributed by atoms with Crippen molar-refractivity contribution in [1.82, 2.24) is 14.0 Å². The third kappa shape index (κ3) is 5.53. The van der Waals surface area contributed by atoms with Gasteiger partial charge in [-0.25, -0.2) is 9.59 Å². The van der Waals surface area contributed by atoms with Crippen molar-refractivity contribution in [3.8, 4) is 0 Å². The number of carbonyl (C=O) groups is 4. The minimum Gasteiger partial charge on any atom is -0.462 e. The molecule has 1 saturated heterocycles. The van der Waals surface area contributed by atoms with Gasteiger partial charge in [0.25, 0.3) is 11.1 Å². The Morgan fingerprint density at radius 2 is 1.79 bits per heavy atom.